The SMILES string of the molecule is CCCCCCCCCC(=O)N(C)c1cccc(CN)c1. The van der Waals surface area contributed by atoms with E-state index >= 15 is 0 Å². The molecule has 1 aromatic rings. The Morgan fingerprint density at radius 1 is 1.10 bits per heavy atom. The summed E-state index contributed by atoms with van der Waals surface area (Å²) in [4.78, 5) is 13.9. The van der Waals surface area contributed by atoms with Gasteiger partial charge in [-0.2, -0.15) is 0 Å². The number of anilines is 1. The van der Waals surface area contributed by atoms with E-state index in [0.717, 1.165) is 24.1 Å². The zero-order valence-corrected chi connectivity index (χ0v) is 13.6. The van der Waals surface area contributed by atoms with Crippen LogP contribution in [-0.4, -0.2) is 13.0 Å². The normalized spacial score (nSPS) is 10.6. The third-order valence-electron chi connectivity index (χ3n) is 3.90. The second-order valence-electron chi connectivity index (χ2n) is 5.70. The predicted octanol–water partition coefficient (Wildman–Crippen LogP) is 4.25. The lowest BCUT2D eigenvalue weighted by molar-refractivity contribution is -0.118. The third kappa shape index (κ3) is 6.76. The van der Waals surface area contributed by atoms with Crippen molar-refractivity contribution >= 4 is 11.6 Å². The van der Waals surface area contributed by atoms with Crippen LogP contribution in [0.3, 0.4) is 0 Å². The van der Waals surface area contributed by atoms with Crippen molar-refractivity contribution < 1.29 is 4.79 Å². The number of nitrogens with zero attached hydrogens (tertiary/aromatic N) is 1. The molecule has 0 bridgehead atoms. The fraction of sp³-hybridized carbons (Fsp3) is 0.611. The summed E-state index contributed by atoms with van der Waals surface area (Å²) in [7, 11) is 1.85. The minimum atomic E-state index is 0.192. The number of carbonyl (C=O) groups excluding carboxylic acids is 1. The second-order valence-corrected chi connectivity index (χ2v) is 5.70. The molecule has 0 atom stereocenters. The van der Waals surface area contributed by atoms with Gasteiger partial charge in [0.1, 0.15) is 0 Å². The Hall–Kier alpha value is -1.35. The molecule has 0 aliphatic rings. The lowest BCUT2D eigenvalue weighted by Gasteiger charge is -2.18. The maximum atomic E-state index is 12.2. The summed E-state index contributed by atoms with van der Waals surface area (Å²) in [6.45, 7) is 2.74. The lowest BCUT2D eigenvalue weighted by Crippen LogP contribution is -2.25. The summed E-state index contributed by atoms with van der Waals surface area (Å²) in [5.74, 6) is 0.192. The van der Waals surface area contributed by atoms with Gasteiger partial charge < -0.3 is 10.6 Å². The highest BCUT2D eigenvalue weighted by atomic mass is 16.2. The van der Waals surface area contributed by atoms with Crippen LogP contribution in [0.4, 0.5) is 5.69 Å². The first-order chi connectivity index (χ1) is 10.2. The van der Waals surface area contributed by atoms with Gasteiger partial charge in [-0.15, -0.1) is 0 Å². The van der Waals surface area contributed by atoms with Gasteiger partial charge in [0.05, 0.1) is 0 Å². The van der Waals surface area contributed by atoms with Gasteiger partial charge >= 0.3 is 0 Å². The lowest BCUT2D eigenvalue weighted by atomic mass is 10.1. The number of hydrogen-bond acceptors (Lipinski definition) is 2. The first kappa shape index (κ1) is 17.7. The highest BCUT2D eigenvalue weighted by Gasteiger charge is 2.10. The van der Waals surface area contributed by atoms with Crippen LogP contribution in [-0.2, 0) is 11.3 Å². The molecular formula is C18H30N2O. The van der Waals surface area contributed by atoms with E-state index in [0.29, 0.717) is 13.0 Å². The minimum absolute atomic E-state index is 0.192. The summed E-state index contributed by atoms with van der Waals surface area (Å²) in [6, 6.07) is 7.89. The van der Waals surface area contributed by atoms with Gasteiger partial charge in [0.2, 0.25) is 5.91 Å². The molecule has 0 aliphatic carbocycles. The Kier molecular flexibility index (Phi) is 8.76. The van der Waals surface area contributed by atoms with Crippen LogP contribution in [0.5, 0.6) is 0 Å². The summed E-state index contributed by atoms with van der Waals surface area (Å²) >= 11 is 0. The Labute approximate surface area is 129 Å². The summed E-state index contributed by atoms with van der Waals surface area (Å²) < 4.78 is 0. The highest BCUT2D eigenvalue weighted by Crippen LogP contribution is 2.17. The van der Waals surface area contributed by atoms with Gasteiger partial charge in [-0.05, 0) is 24.1 Å². The molecule has 0 saturated carbocycles. The van der Waals surface area contributed by atoms with Crippen molar-refractivity contribution in [2.75, 3.05) is 11.9 Å². The smallest absolute Gasteiger partial charge is 0.226 e. The summed E-state index contributed by atoms with van der Waals surface area (Å²) in [6.07, 6.45) is 9.28. The minimum Gasteiger partial charge on any atom is -0.326 e. The molecule has 21 heavy (non-hydrogen) atoms. The van der Waals surface area contributed by atoms with E-state index in [1.54, 1.807) is 4.90 Å². The topological polar surface area (TPSA) is 46.3 Å². The molecule has 1 aromatic carbocycles. The van der Waals surface area contributed by atoms with Crippen molar-refractivity contribution in [3.63, 3.8) is 0 Å². The van der Waals surface area contributed by atoms with Crippen LogP contribution in [0.2, 0.25) is 0 Å². The molecule has 1 amide bonds. The maximum Gasteiger partial charge on any atom is 0.226 e. The maximum absolute atomic E-state index is 12.2. The average molecular weight is 290 g/mol. The second kappa shape index (κ2) is 10.4. The van der Waals surface area contributed by atoms with Gasteiger partial charge in [-0.3, -0.25) is 4.79 Å². The number of nitrogens with two attached hydrogens (primary N) is 1. The molecule has 0 radical (unpaired) electrons. The third-order valence-corrected chi connectivity index (χ3v) is 3.90. The number of hydrogen-bond donors (Lipinski definition) is 1. The summed E-state index contributed by atoms with van der Waals surface area (Å²) in [5, 5.41) is 0. The average Bonchev–Trinajstić information content (AvgIpc) is 2.53. The number of unbranched alkanes of at least 4 members (excludes halogenated alkanes) is 6. The van der Waals surface area contributed by atoms with Gasteiger partial charge in [0, 0.05) is 25.7 Å². The zero-order valence-electron chi connectivity index (χ0n) is 13.6. The van der Waals surface area contributed by atoms with Crippen LogP contribution in [0, 0.1) is 0 Å². The van der Waals surface area contributed by atoms with Crippen LogP contribution >= 0.6 is 0 Å². The molecule has 0 fully saturated rings. The molecule has 1 rings (SSSR count). The van der Waals surface area contributed by atoms with Crippen molar-refractivity contribution in [3.8, 4) is 0 Å². The van der Waals surface area contributed by atoms with Crippen molar-refractivity contribution in [3.05, 3.63) is 29.8 Å². The molecule has 118 valence electrons. The molecule has 0 aromatic heterocycles. The van der Waals surface area contributed by atoms with E-state index in [9.17, 15) is 4.79 Å². The van der Waals surface area contributed by atoms with E-state index in [2.05, 4.69) is 6.92 Å². The monoisotopic (exact) mass is 290 g/mol. The quantitative estimate of drug-likeness (QED) is 0.655. The van der Waals surface area contributed by atoms with Crippen molar-refractivity contribution in [2.24, 2.45) is 5.73 Å². The van der Waals surface area contributed by atoms with Crippen LogP contribution in [0.25, 0.3) is 0 Å². The van der Waals surface area contributed by atoms with Crippen molar-refractivity contribution in [2.45, 2.75) is 64.8 Å². The Balaban J connectivity index is 2.27. The largest absolute Gasteiger partial charge is 0.326 e. The van der Waals surface area contributed by atoms with E-state index < -0.39 is 0 Å². The fourth-order valence-electron chi connectivity index (χ4n) is 2.44. The molecule has 0 heterocycles. The van der Waals surface area contributed by atoms with Gasteiger partial charge in [0.25, 0.3) is 0 Å². The standard InChI is InChI=1S/C18H30N2O/c1-3-4-5-6-7-8-9-13-18(21)20(2)17-12-10-11-16(14-17)15-19/h10-12,14H,3-9,13,15,19H2,1-2H3. The molecule has 0 unspecified atom stereocenters. The Morgan fingerprint density at radius 3 is 2.43 bits per heavy atom. The van der Waals surface area contributed by atoms with Gasteiger partial charge in [0.15, 0.2) is 0 Å². The predicted molar refractivity (Wildman–Crippen MR) is 90.4 cm³/mol. The van der Waals surface area contributed by atoms with Crippen LogP contribution in [0.15, 0.2) is 24.3 Å². The first-order valence-electron chi connectivity index (χ1n) is 8.24. The number of benzene rings is 1. The molecule has 3 nitrogen and oxygen atoms in total. The molecule has 2 N–H and O–H groups in total. The van der Waals surface area contributed by atoms with Crippen LogP contribution < -0.4 is 10.6 Å². The van der Waals surface area contributed by atoms with Gasteiger partial charge in [-0.1, -0.05) is 57.6 Å². The highest BCUT2D eigenvalue weighted by molar-refractivity contribution is 5.92. The van der Waals surface area contributed by atoms with Crippen molar-refractivity contribution in [1.29, 1.82) is 0 Å². The fourth-order valence-corrected chi connectivity index (χ4v) is 2.44. The van der Waals surface area contributed by atoms with E-state index in [1.807, 2.05) is 31.3 Å². The Bertz CT molecular complexity index is 417. The van der Waals surface area contributed by atoms with Gasteiger partial charge in [-0.25, -0.2) is 0 Å². The van der Waals surface area contributed by atoms with Crippen LogP contribution in [0.1, 0.15) is 63.9 Å². The molecular weight excluding hydrogens is 260 g/mol. The Morgan fingerprint density at radius 2 is 1.76 bits per heavy atom. The zero-order chi connectivity index (χ0) is 15.5. The molecule has 3 heteroatoms. The number of carbonyl (C=O) groups is 1. The first-order valence-corrected chi connectivity index (χ1v) is 8.24. The molecule has 0 aliphatic heterocycles. The summed E-state index contributed by atoms with van der Waals surface area (Å²) in [5.41, 5.74) is 7.63. The number of rotatable bonds is 10. The van der Waals surface area contributed by atoms with E-state index in [4.69, 9.17) is 5.73 Å². The number of amides is 1. The van der Waals surface area contributed by atoms with Crippen molar-refractivity contribution in [1.82, 2.24) is 0 Å². The molecule has 0 saturated heterocycles. The molecule has 0 spiro atoms. The van der Waals surface area contributed by atoms with E-state index in [1.165, 1.54) is 32.1 Å². The van der Waals surface area contributed by atoms with E-state index in [-0.39, 0.29) is 5.91 Å².